The number of carbonyl (C=O) groups is 1. The highest BCUT2D eigenvalue weighted by atomic mass is 35.5. The molecule has 0 radical (unpaired) electrons. The number of carbonyl (C=O) groups excluding carboxylic acids is 1. The highest BCUT2D eigenvalue weighted by Crippen LogP contribution is 2.33. The minimum absolute atomic E-state index is 0.154. The van der Waals surface area contributed by atoms with E-state index >= 15 is 0 Å². The smallest absolute Gasteiger partial charge is 0.174 e. The molecule has 0 unspecified atom stereocenters. The van der Waals surface area contributed by atoms with Gasteiger partial charge in [0.05, 0.1) is 12.7 Å². The van der Waals surface area contributed by atoms with Gasteiger partial charge >= 0.3 is 0 Å². The maximum Gasteiger partial charge on any atom is 0.174 e. The molecule has 0 atom stereocenters. The number of nitriles is 1. The van der Waals surface area contributed by atoms with Gasteiger partial charge in [0.15, 0.2) is 24.4 Å². The molecule has 0 aliphatic carbocycles. The van der Waals surface area contributed by atoms with Gasteiger partial charge in [-0.3, -0.25) is 4.79 Å². The Labute approximate surface area is 92.0 Å². The summed E-state index contributed by atoms with van der Waals surface area (Å²) in [5.74, 6) is 0.568. The first-order valence-corrected chi connectivity index (χ1v) is 4.43. The number of halogens is 1. The van der Waals surface area contributed by atoms with Gasteiger partial charge in [0.2, 0.25) is 0 Å². The molecule has 0 saturated heterocycles. The molecule has 4 nitrogen and oxygen atoms in total. The second-order valence-electron chi connectivity index (χ2n) is 2.59. The van der Waals surface area contributed by atoms with E-state index in [-0.39, 0.29) is 17.9 Å². The summed E-state index contributed by atoms with van der Waals surface area (Å²) in [6.45, 7) is -0.154. The van der Waals surface area contributed by atoms with E-state index in [0.29, 0.717) is 17.1 Å². The third-order valence-corrected chi connectivity index (χ3v) is 1.89. The molecule has 0 saturated carbocycles. The van der Waals surface area contributed by atoms with Crippen molar-refractivity contribution in [2.24, 2.45) is 0 Å². The molecule has 0 aliphatic rings. The van der Waals surface area contributed by atoms with Crippen LogP contribution in [0.4, 0.5) is 0 Å². The summed E-state index contributed by atoms with van der Waals surface area (Å²) < 4.78 is 10.1. The predicted molar refractivity (Wildman–Crippen MR) is 54.5 cm³/mol. The molecule has 15 heavy (non-hydrogen) atoms. The van der Waals surface area contributed by atoms with Gasteiger partial charge in [0.1, 0.15) is 6.07 Å². The lowest BCUT2D eigenvalue weighted by Crippen LogP contribution is -2.00. The van der Waals surface area contributed by atoms with Crippen molar-refractivity contribution in [3.8, 4) is 17.6 Å². The zero-order valence-electron chi connectivity index (χ0n) is 7.99. The Kier molecular flexibility index (Phi) is 3.95. The summed E-state index contributed by atoms with van der Waals surface area (Å²) in [6.07, 6.45) is 0.598. The van der Waals surface area contributed by atoms with E-state index in [1.54, 1.807) is 6.07 Å². The van der Waals surface area contributed by atoms with Crippen molar-refractivity contribution in [1.29, 1.82) is 5.26 Å². The van der Waals surface area contributed by atoms with Crippen LogP contribution < -0.4 is 9.47 Å². The number of methoxy groups -OCH3 is 1. The largest absolute Gasteiger partial charge is 0.493 e. The predicted octanol–water partition coefficient (Wildman–Crippen LogP) is 2.06. The van der Waals surface area contributed by atoms with Gasteiger partial charge in [-0.15, -0.1) is 0 Å². The minimum Gasteiger partial charge on any atom is -0.493 e. The van der Waals surface area contributed by atoms with E-state index < -0.39 is 0 Å². The van der Waals surface area contributed by atoms with Gasteiger partial charge in [0.25, 0.3) is 0 Å². The van der Waals surface area contributed by atoms with Crippen LogP contribution in [0.1, 0.15) is 10.4 Å². The molecule has 0 bridgehead atoms. The van der Waals surface area contributed by atoms with Crippen molar-refractivity contribution in [2.75, 3.05) is 13.7 Å². The summed E-state index contributed by atoms with van der Waals surface area (Å²) in [5, 5.41) is 8.75. The molecule has 1 rings (SSSR count). The number of aldehydes is 1. The van der Waals surface area contributed by atoms with Crippen molar-refractivity contribution in [3.05, 3.63) is 22.7 Å². The van der Waals surface area contributed by atoms with E-state index in [1.165, 1.54) is 19.2 Å². The van der Waals surface area contributed by atoms with Crippen molar-refractivity contribution in [3.63, 3.8) is 0 Å². The Bertz CT molecular complexity index is 412. The van der Waals surface area contributed by atoms with Crippen molar-refractivity contribution in [2.45, 2.75) is 0 Å². The standard InChI is InChI=1S/C10H8ClNO3/c1-14-9-5-8(11)4-7(6-13)10(9)15-3-2-12/h4-6H,3H2,1H3. The highest BCUT2D eigenvalue weighted by Gasteiger charge is 2.11. The molecule has 0 aromatic heterocycles. The Morgan fingerprint density at radius 3 is 2.87 bits per heavy atom. The topological polar surface area (TPSA) is 59.3 Å². The molecule has 0 spiro atoms. The van der Waals surface area contributed by atoms with Crippen LogP contribution in [0.5, 0.6) is 11.5 Å². The first kappa shape index (κ1) is 11.3. The molecule has 0 aliphatic heterocycles. The average molecular weight is 226 g/mol. The fourth-order valence-electron chi connectivity index (χ4n) is 1.09. The fraction of sp³-hybridized carbons (Fsp3) is 0.200. The van der Waals surface area contributed by atoms with Crippen LogP contribution in [0, 0.1) is 11.3 Å². The Morgan fingerprint density at radius 1 is 1.60 bits per heavy atom. The van der Waals surface area contributed by atoms with Crippen LogP contribution in [0.2, 0.25) is 5.02 Å². The second kappa shape index (κ2) is 5.23. The van der Waals surface area contributed by atoms with Crippen molar-refractivity contribution >= 4 is 17.9 Å². The Morgan fingerprint density at radius 2 is 2.33 bits per heavy atom. The Hall–Kier alpha value is -1.73. The van der Waals surface area contributed by atoms with Crippen LogP contribution in [0.15, 0.2) is 12.1 Å². The molecule has 0 N–H and O–H groups in total. The highest BCUT2D eigenvalue weighted by molar-refractivity contribution is 6.31. The Balaban J connectivity index is 3.19. The summed E-state index contributed by atoms with van der Waals surface area (Å²) in [4.78, 5) is 10.7. The molecule has 1 aromatic rings. The van der Waals surface area contributed by atoms with E-state index in [4.69, 9.17) is 26.3 Å². The van der Waals surface area contributed by atoms with Crippen molar-refractivity contribution in [1.82, 2.24) is 0 Å². The van der Waals surface area contributed by atoms with Crippen molar-refractivity contribution < 1.29 is 14.3 Å². The van der Waals surface area contributed by atoms with Crippen LogP contribution >= 0.6 is 11.6 Å². The molecule has 5 heteroatoms. The number of ether oxygens (including phenoxy) is 2. The zero-order chi connectivity index (χ0) is 11.3. The van der Waals surface area contributed by atoms with Crippen LogP contribution in [-0.2, 0) is 0 Å². The van der Waals surface area contributed by atoms with Crippen LogP contribution in [-0.4, -0.2) is 20.0 Å². The van der Waals surface area contributed by atoms with Crippen LogP contribution in [0.3, 0.4) is 0 Å². The summed E-state index contributed by atoms with van der Waals surface area (Å²) in [5.41, 5.74) is 0.259. The maximum atomic E-state index is 10.7. The molecule has 0 heterocycles. The van der Waals surface area contributed by atoms with Gasteiger partial charge in [-0.05, 0) is 6.07 Å². The number of benzene rings is 1. The first-order chi connectivity index (χ1) is 7.22. The molecule has 0 fully saturated rings. The quantitative estimate of drug-likeness (QED) is 0.736. The third-order valence-electron chi connectivity index (χ3n) is 1.68. The lowest BCUT2D eigenvalue weighted by Gasteiger charge is -2.10. The first-order valence-electron chi connectivity index (χ1n) is 4.05. The van der Waals surface area contributed by atoms with Gasteiger partial charge in [-0.25, -0.2) is 0 Å². The fourth-order valence-corrected chi connectivity index (χ4v) is 1.30. The number of rotatable bonds is 4. The number of hydrogen-bond donors (Lipinski definition) is 0. The summed E-state index contributed by atoms with van der Waals surface area (Å²) >= 11 is 5.75. The van der Waals surface area contributed by atoms with Gasteiger partial charge in [0, 0.05) is 11.1 Å². The van der Waals surface area contributed by atoms with Gasteiger partial charge in [-0.2, -0.15) is 5.26 Å². The lowest BCUT2D eigenvalue weighted by atomic mass is 10.2. The van der Waals surface area contributed by atoms with E-state index in [1.807, 2.05) is 0 Å². The summed E-state index contributed by atoms with van der Waals surface area (Å²) in [6, 6.07) is 4.77. The van der Waals surface area contributed by atoms with Gasteiger partial charge < -0.3 is 9.47 Å². The molecule has 78 valence electrons. The zero-order valence-corrected chi connectivity index (χ0v) is 8.75. The van der Waals surface area contributed by atoms with E-state index in [2.05, 4.69) is 0 Å². The van der Waals surface area contributed by atoms with E-state index in [9.17, 15) is 4.79 Å². The maximum absolute atomic E-state index is 10.7. The lowest BCUT2D eigenvalue weighted by molar-refractivity contribution is 0.111. The second-order valence-corrected chi connectivity index (χ2v) is 3.03. The van der Waals surface area contributed by atoms with Gasteiger partial charge in [-0.1, -0.05) is 11.6 Å². The molecular formula is C10H8ClNO3. The third kappa shape index (κ3) is 2.61. The normalized spacial score (nSPS) is 9.13. The van der Waals surface area contributed by atoms with E-state index in [0.717, 1.165) is 0 Å². The molecule has 0 amide bonds. The SMILES string of the molecule is COc1cc(Cl)cc(C=O)c1OCC#N. The molecule has 1 aromatic carbocycles. The van der Waals surface area contributed by atoms with Crippen LogP contribution in [0.25, 0.3) is 0 Å². The molecular weight excluding hydrogens is 218 g/mol. The summed E-state index contributed by atoms with van der Waals surface area (Å²) in [7, 11) is 1.43. The number of nitrogens with zero attached hydrogens (tertiary/aromatic N) is 1. The average Bonchev–Trinajstić information content (AvgIpc) is 2.26. The number of hydrogen-bond acceptors (Lipinski definition) is 4. The minimum atomic E-state index is -0.154. The monoisotopic (exact) mass is 225 g/mol.